The normalized spacial score (nSPS) is 15.0. The highest BCUT2D eigenvalue weighted by Crippen LogP contribution is 2.37. The second-order valence-electron chi connectivity index (χ2n) is 5.10. The number of hydrogen-bond acceptors (Lipinski definition) is 5. The average molecular weight is 331 g/mol. The van der Waals surface area contributed by atoms with Gasteiger partial charge in [0, 0.05) is 12.1 Å². The lowest BCUT2D eigenvalue weighted by Gasteiger charge is -2.18. The second kappa shape index (κ2) is 6.86. The molecular weight excluding hydrogens is 315 g/mol. The third kappa shape index (κ3) is 4.59. The van der Waals surface area contributed by atoms with E-state index in [1.807, 2.05) is 0 Å². The van der Waals surface area contributed by atoms with Crippen molar-refractivity contribution in [3.8, 4) is 5.75 Å². The van der Waals surface area contributed by atoms with Gasteiger partial charge in [0.15, 0.2) is 6.61 Å². The van der Waals surface area contributed by atoms with Crippen LogP contribution in [-0.2, 0) is 15.7 Å². The minimum absolute atomic E-state index is 0.0741. The third-order valence-corrected chi connectivity index (χ3v) is 2.95. The molecule has 1 aromatic carbocycles. The Labute approximate surface area is 130 Å². The quantitative estimate of drug-likeness (QED) is 0.887. The zero-order valence-electron chi connectivity index (χ0n) is 12.6. The number of likely N-dealkylation sites (N-methyl/N-ethyl adjacent to an activating group) is 1. The topological polar surface area (TPSA) is 63.2 Å². The number of carbonyl (C=O) groups excluding carboxylic acids is 1. The summed E-state index contributed by atoms with van der Waals surface area (Å²) in [5.74, 6) is -0.799. The summed E-state index contributed by atoms with van der Waals surface area (Å²) in [6.45, 7) is 0.325. The van der Waals surface area contributed by atoms with Crippen molar-refractivity contribution in [3.63, 3.8) is 0 Å². The molecule has 0 saturated heterocycles. The van der Waals surface area contributed by atoms with Crippen molar-refractivity contribution in [2.24, 2.45) is 5.10 Å². The van der Waals surface area contributed by atoms with Crippen molar-refractivity contribution in [3.05, 3.63) is 29.3 Å². The lowest BCUT2D eigenvalue weighted by atomic mass is 10.1. The highest BCUT2D eigenvalue weighted by Gasteiger charge is 2.35. The van der Waals surface area contributed by atoms with E-state index in [9.17, 15) is 18.0 Å². The number of carbonyl (C=O) groups is 1. The van der Waals surface area contributed by atoms with E-state index in [1.54, 1.807) is 19.0 Å². The monoisotopic (exact) mass is 331 g/mol. The first-order chi connectivity index (χ1) is 10.8. The van der Waals surface area contributed by atoms with Crippen LogP contribution in [0, 0.1) is 0 Å². The van der Waals surface area contributed by atoms with Crippen molar-refractivity contribution >= 4 is 11.8 Å². The van der Waals surface area contributed by atoms with Gasteiger partial charge in [0.2, 0.25) is 5.90 Å². The maximum atomic E-state index is 13.2. The summed E-state index contributed by atoms with van der Waals surface area (Å²) in [7, 11) is 3.59. The van der Waals surface area contributed by atoms with E-state index in [0.717, 1.165) is 6.07 Å². The van der Waals surface area contributed by atoms with Gasteiger partial charge in [-0.25, -0.2) is 5.43 Å². The van der Waals surface area contributed by atoms with Gasteiger partial charge in [-0.05, 0) is 32.3 Å². The van der Waals surface area contributed by atoms with Gasteiger partial charge in [-0.3, -0.25) is 4.79 Å². The Morgan fingerprint density at radius 3 is 2.70 bits per heavy atom. The van der Waals surface area contributed by atoms with Crippen LogP contribution in [0.5, 0.6) is 5.75 Å². The van der Waals surface area contributed by atoms with Gasteiger partial charge in [0.25, 0.3) is 5.91 Å². The molecule has 0 fully saturated rings. The standard InChI is InChI=1S/C14H16F3N3O3/c1-20(2)5-6-22-11-4-3-9(7-10(11)14(15,16)17)13-19-18-12(21)8-23-13/h3-4,7H,5-6,8H2,1-2H3,(H,18,21). The van der Waals surface area contributed by atoms with Gasteiger partial charge >= 0.3 is 6.18 Å². The van der Waals surface area contributed by atoms with Crippen molar-refractivity contribution in [2.45, 2.75) is 6.18 Å². The van der Waals surface area contributed by atoms with Crippen molar-refractivity contribution in [2.75, 3.05) is 33.9 Å². The molecule has 126 valence electrons. The minimum atomic E-state index is -4.58. The van der Waals surface area contributed by atoms with Gasteiger partial charge in [-0.2, -0.15) is 13.2 Å². The smallest absolute Gasteiger partial charge is 0.419 e. The van der Waals surface area contributed by atoms with E-state index in [0.29, 0.717) is 6.54 Å². The summed E-state index contributed by atoms with van der Waals surface area (Å²) in [5, 5.41) is 3.60. The van der Waals surface area contributed by atoms with Crippen molar-refractivity contribution < 1.29 is 27.4 Å². The Morgan fingerprint density at radius 1 is 1.39 bits per heavy atom. The fourth-order valence-corrected chi connectivity index (χ4v) is 1.81. The second-order valence-corrected chi connectivity index (χ2v) is 5.10. The molecular formula is C14H16F3N3O3. The van der Waals surface area contributed by atoms with Crippen molar-refractivity contribution in [1.82, 2.24) is 10.3 Å². The number of rotatable bonds is 5. The predicted molar refractivity (Wildman–Crippen MR) is 76.1 cm³/mol. The summed E-state index contributed by atoms with van der Waals surface area (Å²) < 4.78 is 49.8. The molecule has 6 nitrogen and oxygen atoms in total. The molecule has 1 aliphatic heterocycles. The predicted octanol–water partition coefficient (Wildman–Crippen LogP) is 1.45. The van der Waals surface area contributed by atoms with Crippen LogP contribution in [0.25, 0.3) is 0 Å². The Balaban J connectivity index is 2.26. The molecule has 1 aliphatic rings. The van der Waals surface area contributed by atoms with Crippen LogP contribution < -0.4 is 10.2 Å². The molecule has 1 N–H and O–H groups in total. The largest absolute Gasteiger partial charge is 0.492 e. The fourth-order valence-electron chi connectivity index (χ4n) is 1.81. The molecule has 0 bridgehead atoms. The van der Waals surface area contributed by atoms with E-state index in [-0.39, 0.29) is 30.4 Å². The van der Waals surface area contributed by atoms with Crippen molar-refractivity contribution in [1.29, 1.82) is 0 Å². The van der Waals surface area contributed by atoms with Gasteiger partial charge in [0.1, 0.15) is 12.4 Å². The lowest BCUT2D eigenvalue weighted by Crippen LogP contribution is -2.32. The van der Waals surface area contributed by atoms with Crippen LogP contribution in [0.2, 0.25) is 0 Å². The molecule has 0 aliphatic carbocycles. The SMILES string of the molecule is CN(C)CCOc1ccc(C2=NNC(=O)CO2)cc1C(F)(F)F. The molecule has 0 spiro atoms. The first-order valence-electron chi connectivity index (χ1n) is 6.76. The van der Waals surface area contributed by atoms with Crippen LogP contribution in [0.15, 0.2) is 23.3 Å². The summed E-state index contributed by atoms with van der Waals surface area (Å²) in [5.41, 5.74) is 1.35. The maximum absolute atomic E-state index is 13.2. The molecule has 0 aromatic heterocycles. The van der Waals surface area contributed by atoms with Gasteiger partial charge in [-0.15, -0.1) is 5.10 Å². The molecule has 2 rings (SSSR count). The molecule has 0 atom stereocenters. The van der Waals surface area contributed by atoms with Crippen LogP contribution in [0.1, 0.15) is 11.1 Å². The van der Waals surface area contributed by atoms with Gasteiger partial charge < -0.3 is 14.4 Å². The maximum Gasteiger partial charge on any atom is 0.419 e. The number of amides is 1. The number of nitrogens with zero attached hydrogens (tertiary/aromatic N) is 2. The van der Waals surface area contributed by atoms with Gasteiger partial charge in [0.05, 0.1) is 5.56 Å². The number of ether oxygens (including phenoxy) is 2. The highest BCUT2D eigenvalue weighted by atomic mass is 19.4. The number of alkyl halides is 3. The molecule has 0 unspecified atom stereocenters. The average Bonchev–Trinajstić information content (AvgIpc) is 2.47. The van der Waals surface area contributed by atoms with Crippen LogP contribution >= 0.6 is 0 Å². The van der Waals surface area contributed by atoms with E-state index in [4.69, 9.17) is 9.47 Å². The summed E-state index contributed by atoms with van der Waals surface area (Å²) in [4.78, 5) is 12.7. The summed E-state index contributed by atoms with van der Waals surface area (Å²) in [6.07, 6.45) is -4.58. The summed E-state index contributed by atoms with van der Waals surface area (Å²) >= 11 is 0. The molecule has 1 amide bonds. The Hall–Kier alpha value is -2.29. The fraction of sp³-hybridized carbons (Fsp3) is 0.429. The van der Waals surface area contributed by atoms with Crippen LogP contribution in [0.3, 0.4) is 0 Å². The number of halogens is 3. The Morgan fingerprint density at radius 2 is 2.13 bits per heavy atom. The molecule has 0 radical (unpaired) electrons. The molecule has 1 aromatic rings. The van der Waals surface area contributed by atoms with E-state index >= 15 is 0 Å². The number of hydrazone groups is 1. The number of hydrogen-bond donors (Lipinski definition) is 1. The molecule has 1 heterocycles. The Kier molecular flexibility index (Phi) is 5.09. The lowest BCUT2D eigenvalue weighted by molar-refractivity contribution is -0.139. The van der Waals surface area contributed by atoms with E-state index in [2.05, 4.69) is 10.5 Å². The molecule has 0 saturated carbocycles. The van der Waals surface area contributed by atoms with Crippen LogP contribution in [0.4, 0.5) is 13.2 Å². The highest BCUT2D eigenvalue weighted by molar-refractivity contribution is 5.98. The molecule has 9 heteroatoms. The number of benzene rings is 1. The number of nitrogens with one attached hydrogen (secondary N) is 1. The first-order valence-corrected chi connectivity index (χ1v) is 6.76. The first kappa shape index (κ1) is 17.1. The Bertz CT molecular complexity index is 615. The third-order valence-electron chi connectivity index (χ3n) is 2.95. The van der Waals surface area contributed by atoms with Crippen LogP contribution in [-0.4, -0.2) is 50.6 Å². The van der Waals surface area contributed by atoms with E-state index < -0.39 is 17.6 Å². The zero-order chi connectivity index (χ0) is 17.0. The van der Waals surface area contributed by atoms with Gasteiger partial charge in [-0.1, -0.05) is 0 Å². The minimum Gasteiger partial charge on any atom is -0.492 e. The van der Waals surface area contributed by atoms with E-state index in [1.165, 1.54) is 12.1 Å². The summed E-state index contributed by atoms with van der Waals surface area (Å²) in [6, 6.07) is 3.51. The molecule has 23 heavy (non-hydrogen) atoms. The zero-order valence-corrected chi connectivity index (χ0v) is 12.6.